The summed E-state index contributed by atoms with van der Waals surface area (Å²) in [5, 5.41) is 2.85. The molecule has 0 heterocycles. The number of methoxy groups -OCH3 is 2. The van der Waals surface area contributed by atoms with E-state index < -0.39 is 22.5 Å². The molecule has 3 rings (SSSR count). The van der Waals surface area contributed by atoms with Crippen LogP contribution in [0.4, 0.5) is 11.4 Å². The number of anilines is 2. The van der Waals surface area contributed by atoms with E-state index in [-0.39, 0.29) is 10.6 Å². The molecule has 0 unspecified atom stereocenters. The van der Waals surface area contributed by atoms with Crippen molar-refractivity contribution >= 4 is 39.1 Å². The lowest BCUT2D eigenvalue weighted by atomic mass is 10.2. The van der Waals surface area contributed by atoms with Crippen molar-refractivity contribution in [2.24, 2.45) is 0 Å². The summed E-state index contributed by atoms with van der Waals surface area (Å²) in [5.74, 6) is 1.08. The van der Waals surface area contributed by atoms with Gasteiger partial charge < -0.3 is 14.8 Å². The van der Waals surface area contributed by atoms with Gasteiger partial charge in [-0.15, -0.1) is 11.8 Å². The van der Waals surface area contributed by atoms with E-state index in [9.17, 15) is 13.2 Å². The molecular formula is C24H26N2O5S2. The van der Waals surface area contributed by atoms with Gasteiger partial charge >= 0.3 is 0 Å². The zero-order chi connectivity index (χ0) is 23.8. The zero-order valence-corrected chi connectivity index (χ0v) is 20.3. The highest BCUT2D eigenvalue weighted by Crippen LogP contribution is 2.36. The third kappa shape index (κ3) is 5.80. The number of carbonyl (C=O) groups is 1. The van der Waals surface area contributed by atoms with Gasteiger partial charge in [0.25, 0.3) is 10.0 Å². The highest BCUT2D eigenvalue weighted by Gasteiger charge is 2.30. The number of sulfonamides is 1. The lowest BCUT2D eigenvalue weighted by Gasteiger charge is -2.26. The minimum atomic E-state index is -4.09. The van der Waals surface area contributed by atoms with Crippen molar-refractivity contribution in [3.63, 3.8) is 0 Å². The summed E-state index contributed by atoms with van der Waals surface area (Å²) >= 11 is 1.59. The third-order valence-corrected chi connectivity index (χ3v) is 7.46. The molecule has 0 fully saturated rings. The smallest absolute Gasteiger partial charge is 0.264 e. The number of ether oxygens (including phenoxy) is 2. The van der Waals surface area contributed by atoms with Gasteiger partial charge in [-0.25, -0.2) is 8.42 Å². The Labute approximate surface area is 198 Å². The van der Waals surface area contributed by atoms with Crippen LogP contribution in [0.15, 0.2) is 82.6 Å². The molecule has 0 radical (unpaired) electrons. The third-order valence-electron chi connectivity index (χ3n) is 4.73. The average molecular weight is 487 g/mol. The van der Waals surface area contributed by atoms with Crippen molar-refractivity contribution in [3.8, 4) is 11.5 Å². The number of thioether (sulfide) groups is 1. The van der Waals surface area contributed by atoms with Crippen molar-refractivity contribution in [1.82, 2.24) is 0 Å². The van der Waals surface area contributed by atoms with Crippen LogP contribution in [0.3, 0.4) is 0 Å². The lowest BCUT2D eigenvalue weighted by molar-refractivity contribution is -0.114. The molecule has 33 heavy (non-hydrogen) atoms. The van der Waals surface area contributed by atoms with Gasteiger partial charge in [0, 0.05) is 11.0 Å². The van der Waals surface area contributed by atoms with E-state index in [1.807, 2.05) is 25.1 Å². The Hall–Kier alpha value is -3.17. The number of hydrogen-bond acceptors (Lipinski definition) is 6. The van der Waals surface area contributed by atoms with Gasteiger partial charge in [-0.2, -0.15) is 0 Å². The number of hydrogen-bond donors (Lipinski definition) is 1. The van der Waals surface area contributed by atoms with E-state index in [1.165, 1.54) is 32.4 Å². The number of benzene rings is 3. The van der Waals surface area contributed by atoms with Gasteiger partial charge in [-0.05, 0) is 42.2 Å². The Morgan fingerprint density at radius 2 is 1.67 bits per heavy atom. The summed E-state index contributed by atoms with van der Waals surface area (Å²) in [6.45, 7) is 1.57. The zero-order valence-electron chi connectivity index (χ0n) is 18.6. The Kier molecular flexibility index (Phi) is 8.24. The fraction of sp³-hybridized carbons (Fsp3) is 0.208. The molecule has 0 saturated carbocycles. The Morgan fingerprint density at radius 3 is 2.33 bits per heavy atom. The molecule has 3 aromatic carbocycles. The Balaban J connectivity index is 2.03. The van der Waals surface area contributed by atoms with Crippen molar-refractivity contribution in [2.75, 3.05) is 36.1 Å². The lowest BCUT2D eigenvalue weighted by Crippen LogP contribution is -2.38. The molecule has 174 valence electrons. The van der Waals surface area contributed by atoms with E-state index in [1.54, 1.807) is 48.2 Å². The summed E-state index contributed by atoms with van der Waals surface area (Å²) in [6.07, 6.45) is 0. The molecule has 0 aromatic heterocycles. The molecule has 1 amide bonds. The van der Waals surface area contributed by atoms with E-state index in [0.717, 1.165) is 15.0 Å². The first-order valence-electron chi connectivity index (χ1n) is 10.2. The molecular weight excluding hydrogens is 460 g/mol. The van der Waals surface area contributed by atoms with Crippen LogP contribution in [-0.4, -0.2) is 40.8 Å². The first kappa shape index (κ1) is 24.5. The fourth-order valence-electron chi connectivity index (χ4n) is 3.18. The summed E-state index contributed by atoms with van der Waals surface area (Å²) < 4.78 is 38.9. The highest BCUT2D eigenvalue weighted by atomic mass is 32.2. The summed E-state index contributed by atoms with van der Waals surface area (Å²) in [5.41, 5.74) is 0.830. The first-order valence-corrected chi connectivity index (χ1v) is 12.6. The van der Waals surface area contributed by atoms with Gasteiger partial charge in [0.05, 0.1) is 30.5 Å². The number of nitrogens with one attached hydrogen (secondary N) is 1. The topological polar surface area (TPSA) is 84.9 Å². The van der Waals surface area contributed by atoms with Crippen molar-refractivity contribution in [1.29, 1.82) is 0 Å². The molecule has 0 atom stereocenters. The predicted molar refractivity (Wildman–Crippen MR) is 132 cm³/mol. The van der Waals surface area contributed by atoms with Crippen molar-refractivity contribution in [2.45, 2.75) is 16.7 Å². The number of para-hydroxylation sites is 1. The Bertz CT molecular complexity index is 1200. The molecule has 0 saturated heterocycles. The van der Waals surface area contributed by atoms with Crippen molar-refractivity contribution in [3.05, 3.63) is 72.8 Å². The van der Waals surface area contributed by atoms with E-state index in [4.69, 9.17) is 9.47 Å². The van der Waals surface area contributed by atoms with Crippen LogP contribution >= 0.6 is 11.8 Å². The average Bonchev–Trinajstić information content (AvgIpc) is 2.84. The first-order chi connectivity index (χ1) is 15.9. The number of nitrogens with zero attached hydrogens (tertiary/aromatic N) is 1. The normalized spacial score (nSPS) is 11.0. The summed E-state index contributed by atoms with van der Waals surface area (Å²) in [6, 6.07) is 20.2. The van der Waals surface area contributed by atoms with Gasteiger partial charge in [0.15, 0.2) is 0 Å². The molecule has 0 spiro atoms. The maximum absolute atomic E-state index is 13.6. The van der Waals surface area contributed by atoms with Crippen LogP contribution in [0.25, 0.3) is 0 Å². The minimum Gasteiger partial charge on any atom is -0.497 e. The van der Waals surface area contributed by atoms with Crippen LogP contribution in [0, 0.1) is 0 Å². The maximum atomic E-state index is 13.6. The standard InChI is InChI=1S/C24H26N2O5S2/c1-4-32-23-13-9-8-12-20(23)25-24(27)17-26(33(28,29)19-10-6-5-7-11-19)21-16-18(30-2)14-15-22(21)31-3/h5-16H,4,17H2,1-3H3,(H,25,27). The monoisotopic (exact) mass is 486 g/mol. The second-order valence-corrected chi connectivity index (χ2v) is 10.0. The van der Waals surface area contributed by atoms with E-state index >= 15 is 0 Å². The molecule has 0 aliphatic carbocycles. The number of carbonyl (C=O) groups excluding carboxylic acids is 1. The molecule has 3 aromatic rings. The van der Waals surface area contributed by atoms with Crippen LogP contribution in [0.2, 0.25) is 0 Å². The summed E-state index contributed by atoms with van der Waals surface area (Å²) in [4.78, 5) is 14.1. The van der Waals surface area contributed by atoms with E-state index in [0.29, 0.717) is 17.2 Å². The fourth-order valence-corrected chi connectivity index (χ4v) is 5.39. The van der Waals surface area contributed by atoms with Crippen LogP contribution < -0.4 is 19.1 Å². The minimum absolute atomic E-state index is 0.0598. The Morgan fingerprint density at radius 1 is 0.970 bits per heavy atom. The van der Waals surface area contributed by atoms with Gasteiger partial charge in [-0.3, -0.25) is 9.10 Å². The van der Waals surface area contributed by atoms with Gasteiger partial charge in [0.1, 0.15) is 18.0 Å². The molecule has 0 aliphatic heterocycles. The number of rotatable bonds is 10. The largest absolute Gasteiger partial charge is 0.497 e. The maximum Gasteiger partial charge on any atom is 0.264 e. The van der Waals surface area contributed by atoms with Crippen LogP contribution in [0.1, 0.15) is 6.92 Å². The second-order valence-electron chi connectivity index (χ2n) is 6.84. The van der Waals surface area contributed by atoms with Crippen molar-refractivity contribution < 1.29 is 22.7 Å². The summed E-state index contributed by atoms with van der Waals surface area (Å²) in [7, 11) is -1.16. The molecule has 0 bridgehead atoms. The highest BCUT2D eigenvalue weighted by molar-refractivity contribution is 7.99. The van der Waals surface area contributed by atoms with Gasteiger partial charge in [0.2, 0.25) is 5.91 Å². The second kappa shape index (κ2) is 11.1. The molecule has 0 aliphatic rings. The van der Waals surface area contributed by atoms with Gasteiger partial charge in [-0.1, -0.05) is 37.3 Å². The van der Waals surface area contributed by atoms with Crippen LogP contribution in [0.5, 0.6) is 11.5 Å². The molecule has 1 N–H and O–H groups in total. The molecule has 9 heteroatoms. The molecule has 7 nitrogen and oxygen atoms in total. The quantitative estimate of drug-likeness (QED) is 0.420. The SMILES string of the molecule is CCSc1ccccc1NC(=O)CN(c1cc(OC)ccc1OC)S(=O)(=O)c1ccccc1. The number of amides is 1. The van der Waals surface area contributed by atoms with Crippen LogP contribution in [-0.2, 0) is 14.8 Å². The van der Waals surface area contributed by atoms with E-state index in [2.05, 4.69) is 5.32 Å². The predicted octanol–water partition coefficient (Wildman–Crippen LogP) is 4.65.